The van der Waals surface area contributed by atoms with Crippen molar-refractivity contribution >= 4 is 50.4 Å². The lowest BCUT2D eigenvalue weighted by Gasteiger charge is -2.08. The molecule has 1 atom stereocenters. The molecule has 0 aliphatic carbocycles. The number of nitrogens with one attached hydrogen (secondary N) is 1. The van der Waals surface area contributed by atoms with Crippen molar-refractivity contribution in [1.82, 2.24) is 10.3 Å². The van der Waals surface area contributed by atoms with Gasteiger partial charge in [-0.05, 0) is 28.1 Å². The maximum Gasteiger partial charge on any atom is 0.320 e. The highest BCUT2D eigenvalue weighted by molar-refractivity contribution is 14.1. The standard InChI is InChI=1S/C10H10BrIN2O3/c1-17-10(16)7(12)5-14-9(15)8-3-2-6(11)4-13-8/h2-4,7H,5H2,1H3,(H,14,15). The fourth-order valence-corrected chi connectivity index (χ4v) is 1.70. The molecule has 0 fully saturated rings. The predicted molar refractivity (Wildman–Crippen MR) is 74.1 cm³/mol. The summed E-state index contributed by atoms with van der Waals surface area (Å²) in [5.74, 6) is -0.683. The minimum Gasteiger partial charge on any atom is -0.468 e. The van der Waals surface area contributed by atoms with Gasteiger partial charge < -0.3 is 10.1 Å². The van der Waals surface area contributed by atoms with Crippen LogP contribution in [0.25, 0.3) is 0 Å². The second-order valence-corrected chi connectivity index (χ2v) is 5.48. The van der Waals surface area contributed by atoms with Crippen LogP contribution in [-0.4, -0.2) is 34.4 Å². The molecule has 0 saturated heterocycles. The lowest BCUT2D eigenvalue weighted by molar-refractivity contribution is -0.139. The van der Waals surface area contributed by atoms with Gasteiger partial charge >= 0.3 is 5.97 Å². The van der Waals surface area contributed by atoms with E-state index < -0.39 is 3.92 Å². The fourth-order valence-electron chi connectivity index (χ4n) is 0.994. The lowest BCUT2D eigenvalue weighted by atomic mass is 10.3. The summed E-state index contributed by atoms with van der Waals surface area (Å²) in [6.07, 6.45) is 1.54. The minimum absolute atomic E-state index is 0.212. The highest BCUT2D eigenvalue weighted by atomic mass is 127. The Morgan fingerprint density at radius 3 is 2.82 bits per heavy atom. The van der Waals surface area contributed by atoms with E-state index in [0.717, 1.165) is 4.47 Å². The Morgan fingerprint density at radius 2 is 2.29 bits per heavy atom. The molecule has 0 aromatic carbocycles. The van der Waals surface area contributed by atoms with Gasteiger partial charge in [0, 0.05) is 17.2 Å². The summed E-state index contributed by atoms with van der Waals surface area (Å²) in [6.45, 7) is 0.212. The quantitative estimate of drug-likeness (QED) is 0.463. The zero-order chi connectivity index (χ0) is 12.8. The van der Waals surface area contributed by atoms with Gasteiger partial charge in [-0.3, -0.25) is 9.59 Å². The van der Waals surface area contributed by atoms with Crippen LogP contribution < -0.4 is 5.32 Å². The van der Waals surface area contributed by atoms with Crippen LogP contribution in [0.1, 0.15) is 10.5 Å². The van der Waals surface area contributed by atoms with Crippen molar-refractivity contribution < 1.29 is 14.3 Å². The molecule has 1 aromatic heterocycles. The SMILES string of the molecule is COC(=O)C(I)CNC(=O)c1ccc(Br)cn1. The van der Waals surface area contributed by atoms with Gasteiger partial charge in [-0.2, -0.15) is 0 Å². The molecule has 92 valence electrons. The Morgan fingerprint density at radius 1 is 1.59 bits per heavy atom. The van der Waals surface area contributed by atoms with E-state index in [1.807, 2.05) is 22.6 Å². The number of carbonyl (C=O) groups excluding carboxylic acids is 2. The number of methoxy groups -OCH3 is 1. The van der Waals surface area contributed by atoms with E-state index in [9.17, 15) is 9.59 Å². The predicted octanol–water partition coefficient (Wildman–Crippen LogP) is 1.55. The van der Waals surface area contributed by atoms with Crippen molar-refractivity contribution in [3.8, 4) is 0 Å². The third kappa shape index (κ3) is 4.58. The van der Waals surface area contributed by atoms with Gasteiger partial charge in [-0.25, -0.2) is 4.98 Å². The first-order valence-electron chi connectivity index (χ1n) is 4.66. The number of carbonyl (C=O) groups is 2. The van der Waals surface area contributed by atoms with Crippen LogP contribution >= 0.6 is 38.5 Å². The zero-order valence-electron chi connectivity index (χ0n) is 8.94. The van der Waals surface area contributed by atoms with Crippen LogP contribution in [-0.2, 0) is 9.53 Å². The van der Waals surface area contributed by atoms with Gasteiger partial charge in [-0.15, -0.1) is 0 Å². The number of halogens is 2. The van der Waals surface area contributed by atoms with Crippen LogP contribution in [0.3, 0.4) is 0 Å². The molecule has 0 spiro atoms. The van der Waals surface area contributed by atoms with E-state index >= 15 is 0 Å². The molecule has 5 nitrogen and oxygen atoms in total. The molecular formula is C10H10BrIN2O3. The molecule has 1 unspecified atom stereocenters. The molecule has 7 heteroatoms. The Bertz CT molecular complexity index is 411. The second kappa shape index (κ2) is 6.90. The monoisotopic (exact) mass is 412 g/mol. The molecule has 0 bridgehead atoms. The van der Waals surface area contributed by atoms with Gasteiger partial charge in [0.1, 0.15) is 9.62 Å². The Labute approximate surface area is 121 Å². The van der Waals surface area contributed by atoms with E-state index in [2.05, 4.69) is 31.0 Å². The van der Waals surface area contributed by atoms with Gasteiger partial charge in [0.2, 0.25) is 0 Å². The maximum absolute atomic E-state index is 11.6. The summed E-state index contributed by atoms with van der Waals surface area (Å²) in [6, 6.07) is 3.32. The summed E-state index contributed by atoms with van der Waals surface area (Å²) in [4.78, 5) is 26.7. The number of nitrogens with zero attached hydrogens (tertiary/aromatic N) is 1. The smallest absolute Gasteiger partial charge is 0.320 e. The van der Waals surface area contributed by atoms with E-state index in [1.165, 1.54) is 13.3 Å². The Hall–Kier alpha value is -0.700. The van der Waals surface area contributed by atoms with Crippen LogP contribution in [0.4, 0.5) is 0 Å². The molecule has 0 aliphatic rings. The van der Waals surface area contributed by atoms with Crippen LogP contribution in [0, 0.1) is 0 Å². The van der Waals surface area contributed by atoms with Crippen LogP contribution in [0.15, 0.2) is 22.8 Å². The first kappa shape index (κ1) is 14.4. The highest BCUT2D eigenvalue weighted by Gasteiger charge is 2.16. The van der Waals surface area contributed by atoms with E-state index in [4.69, 9.17) is 0 Å². The number of hydrogen-bond acceptors (Lipinski definition) is 4. The molecule has 0 aliphatic heterocycles. The summed E-state index contributed by atoms with van der Waals surface area (Å²) in [5.41, 5.74) is 0.307. The van der Waals surface area contributed by atoms with Gasteiger partial charge in [0.15, 0.2) is 0 Å². The van der Waals surface area contributed by atoms with Crippen LogP contribution in [0.2, 0.25) is 0 Å². The van der Waals surface area contributed by atoms with Gasteiger partial charge in [-0.1, -0.05) is 22.6 Å². The summed E-state index contributed by atoms with van der Waals surface area (Å²) in [7, 11) is 1.31. The Kier molecular flexibility index (Phi) is 5.83. The molecule has 1 amide bonds. The van der Waals surface area contributed by atoms with E-state index in [-0.39, 0.29) is 18.4 Å². The normalized spacial score (nSPS) is 11.7. The fraction of sp³-hybridized carbons (Fsp3) is 0.300. The highest BCUT2D eigenvalue weighted by Crippen LogP contribution is 2.07. The number of aromatic nitrogens is 1. The average Bonchev–Trinajstić information content (AvgIpc) is 2.35. The topological polar surface area (TPSA) is 68.3 Å². The third-order valence-electron chi connectivity index (χ3n) is 1.86. The van der Waals surface area contributed by atoms with E-state index in [1.54, 1.807) is 12.1 Å². The minimum atomic E-state index is -0.406. The number of hydrogen-bond donors (Lipinski definition) is 1. The molecule has 1 aromatic rings. The molecule has 1 heterocycles. The van der Waals surface area contributed by atoms with Gasteiger partial charge in [0.05, 0.1) is 7.11 Å². The number of amides is 1. The molecule has 0 saturated carbocycles. The zero-order valence-corrected chi connectivity index (χ0v) is 12.7. The van der Waals surface area contributed by atoms with Crippen molar-refractivity contribution in [2.24, 2.45) is 0 Å². The summed E-state index contributed by atoms with van der Waals surface area (Å²) in [5, 5.41) is 2.61. The van der Waals surface area contributed by atoms with E-state index in [0.29, 0.717) is 5.69 Å². The van der Waals surface area contributed by atoms with Crippen molar-refractivity contribution in [2.45, 2.75) is 3.92 Å². The van der Waals surface area contributed by atoms with Crippen molar-refractivity contribution in [2.75, 3.05) is 13.7 Å². The second-order valence-electron chi connectivity index (χ2n) is 3.06. The molecule has 1 N–H and O–H groups in total. The largest absolute Gasteiger partial charge is 0.468 e. The molecule has 17 heavy (non-hydrogen) atoms. The number of esters is 1. The van der Waals surface area contributed by atoms with Crippen molar-refractivity contribution in [1.29, 1.82) is 0 Å². The third-order valence-corrected chi connectivity index (χ3v) is 3.28. The van der Waals surface area contributed by atoms with Crippen molar-refractivity contribution in [3.05, 3.63) is 28.5 Å². The lowest BCUT2D eigenvalue weighted by Crippen LogP contribution is -2.34. The van der Waals surface area contributed by atoms with Crippen LogP contribution in [0.5, 0.6) is 0 Å². The summed E-state index contributed by atoms with van der Waals surface area (Å²) < 4.78 is 4.94. The number of ether oxygens (including phenoxy) is 1. The summed E-state index contributed by atoms with van der Waals surface area (Å²) >= 11 is 5.14. The number of rotatable bonds is 4. The number of pyridine rings is 1. The van der Waals surface area contributed by atoms with Crippen molar-refractivity contribution in [3.63, 3.8) is 0 Å². The van der Waals surface area contributed by atoms with Gasteiger partial charge in [0.25, 0.3) is 5.91 Å². The number of alkyl halides is 1. The first-order valence-corrected chi connectivity index (χ1v) is 6.70. The molecule has 1 rings (SSSR count). The first-order chi connectivity index (χ1) is 8.04. The molecular weight excluding hydrogens is 403 g/mol. The Balaban J connectivity index is 2.50. The average molecular weight is 413 g/mol. The molecule has 0 radical (unpaired) electrons. The maximum atomic E-state index is 11.6.